The zero-order chi connectivity index (χ0) is 24.2. The molecule has 1 unspecified atom stereocenters. The van der Waals surface area contributed by atoms with Gasteiger partial charge in [-0.2, -0.15) is 0 Å². The second-order valence-electron chi connectivity index (χ2n) is 8.84. The van der Waals surface area contributed by atoms with Crippen molar-refractivity contribution in [2.24, 2.45) is 5.92 Å². The lowest BCUT2D eigenvalue weighted by Crippen LogP contribution is -2.43. The van der Waals surface area contributed by atoms with E-state index in [0.717, 1.165) is 24.6 Å². The van der Waals surface area contributed by atoms with Gasteiger partial charge < -0.3 is 15.0 Å². The van der Waals surface area contributed by atoms with E-state index in [2.05, 4.69) is 5.32 Å². The van der Waals surface area contributed by atoms with Crippen LogP contribution in [0.15, 0.2) is 36.4 Å². The number of benzene rings is 2. The van der Waals surface area contributed by atoms with Crippen LogP contribution in [-0.4, -0.2) is 35.9 Å². The molecule has 0 aromatic heterocycles. The Labute approximate surface area is 201 Å². The van der Waals surface area contributed by atoms with Gasteiger partial charge in [-0.05, 0) is 68.9 Å². The summed E-state index contributed by atoms with van der Waals surface area (Å²) in [4.78, 5) is 27.1. The number of amides is 2. The van der Waals surface area contributed by atoms with Crippen LogP contribution < -0.4 is 10.1 Å². The summed E-state index contributed by atoms with van der Waals surface area (Å²) in [6.07, 6.45) is 3.81. The van der Waals surface area contributed by atoms with Crippen LogP contribution in [0.4, 0.5) is 13.2 Å². The minimum Gasteiger partial charge on any atom is -0.484 e. The van der Waals surface area contributed by atoms with Gasteiger partial charge in [-0.1, -0.05) is 11.6 Å². The van der Waals surface area contributed by atoms with E-state index in [-0.39, 0.29) is 46.7 Å². The molecule has 2 amide bonds. The molecule has 34 heavy (non-hydrogen) atoms. The highest BCUT2D eigenvalue weighted by Crippen LogP contribution is 2.37. The first-order chi connectivity index (χ1) is 16.3. The van der Waals surface area contributed by atoms with E-state index in [4.69, 9.17) is 16.3 Å². The molecule has 9 heteroatoms. The number of nitrogens with zero attached hydrogens (tertiary/aromatic N) is 1. The molecule has 2 aromatic rings. The van der Waals surface area contributed by atoms with E-state index in [9.17, 15) is 22.8 Å². The van der Waals surface area contributed by atoms with Crippen molar-refractivity contribution in [3.05, 3.63) is 64.4 Å². The van der Waals surface area contributed by atoms with E-state index < -0.39 is 23.5 Å². The largest absolute Gasteiger partial charge is 0.484 e. The summed E-state index contributed by atoms with van der Waals surface area (Å²) in [5.41, 5.74) is 0.229. The molecule has 4 rings (SSSR count). The van der Waals surface area contributed by atoms with Gasteiger partial charge in [-0.3, -0.25) is 9.59 Å². The maximum absolute atomic E-state index is 14.3. The van der Waals surface area contributed by atoms with Crippen LogP contribution in [0.1, 0.15) is 50.1 Å². The molecule has 1 N–H and O–H groups in total. The fraction of sp³-hybridized carbons (Fsp3) is 0.440. The Morgan fingerprint density at radius 2 is 1.76 bits per heavy atom. The van der Waals surface area contributed by atoms with Crippen LogP contribution in [0.5, 0.6) is 5.75 Å². The summed E-state index contributed by atoms with van der Waals surface area (Å²) in [6.45, 7) is 0.271. The molecule has 0 spiro atoms. The van der Waals surface area contributed by atoms with E-state index in [1.165, 1.54) is 18.2 Å². The molecule has 1 atom stereocenters. The predicted octanol–water partition coefficient (Wildman–Crippen LogP) is 5.17. The Morgan fingerprint density at radius 1 is 1.00 bits per heavy atom. The first kappa shape index (κ1) is 24.4. The Bertz CT molecular complexity index is 1060. The Hall–Kier alpha value is -2.74. The predicted molar refractivity (Wildman–Crippen MR) is 121 cm³/mol. The van der Waals surface area contributed by atoms with Gasteiger partial charge in [0.05, 0.1) is 11.1 Å². The quantitative estimate of drug-likeness (QED) is 0.602. The normalized spacial score (nSPS) is 22.5. The van der Waals surface area contributed by atoms with Gasteiger partial charge in [-0.25, -0.2) is 13.2 Å². The lowest BCUT2D eigenvalue weighted by atomic mass is 9.84. The minimum absolute atomic E-state index is 0.0237. The number of likely N-dealkylation sites (tertiary alicyclic amines) is 1. The SMILES string of the molecule is O=C(COc1ccc(Cl)c(F)c1)NC1CCC(C(=O)N2CCCC2c2cc(F)ccc2F)CC1. The lowest BCUT2D eigenvalue weighted by Gasteiger charge is -2.33. The molecule has 1 heterocycles. The Kier molecular flexibility index (Phi) is 7.66. The van der Waals surface area contributed by atoms with E-state index >= 15 is 0 Å². The average Bonchev–Trinajstić information content (AvgIpc) is 3.31. The van der Waals surface area contributed by atoms with Crippen LogP contribution in [0.2, 0.25) is 5.02 Å². The molecule has 182 valence electrons. The molecule has 0 radical (unpaired) electrons. The number of rotatable bonds is 6. The van der Waals surface area contributed by atoms with Gasteiger partial charge in [0.1, 0.15) is 23.2 Å². The molecule has 1 aliphatic heterocycles. The summed E-state index contributed by atoms with van der Waals surface area (Å²) in [6, 6.07) is 6.78. The van der Waals surface area contributed by atoms with Crippen molar-refractivity contribution < 1.29 is 27.5 Å². The first-order valence-electron chi connectivity index (χ1n) is 11.4. The third kappa shape index (κ3) is 5.66. The highest BCUT2D eigenvalue weighted by atomic mass is 35.5. The number of hydrogen-bond acceptors (Lipinski definition) is 3. The smallest absolute Gasteiger partial charge is 0.258 e. The first-order valence-corrected chi connectivity index (χ1v) is 11.8. The Balaban J connectivity index is 1.26. The van der Waals surface area contributed by atoms with Crippen LogP contribution in [-0.2, 0) is 9.59 Å². The van der Waals surface area contributed by atoms with Crippen molar-refractivity contribution >= 4 is 23.4 Å². The van der Waals surface area contributed by atoms with Crippen LogP contribution in [0.3, 0.4) is 0 Å². The van der Waals surface area contributed by atoms with Gasteiger partial charge in [-0.15, -0.1) is 0 Å². The summed E-state index contributed by atoms with van der Waals surface area (Å²) < 4.78 is 46.8. The standard InChI is InChI=1S/C25H26ClF3N2O3/c26-20-9-8-18(13-22(20)29)34-14-24(32)30-17-6-3-15(4-7-17)25(33)31-11-1-2-23(31)19-12-16(27)5-10-21(19)28/h5,8-10,12-13,15,17,23H,1-4,6-7,11,14H2,(H,30,32). The maximum Gasteiger partial charge on any atom is 0.258 e. The third-order valence-corrected chi connectivity index (χ3v) is 6.86. The summed E-state index contributed by atoms with van der Waals surface area (Å²) in [5.74, 6) is -2.00. The molecule has 2 aliphatic rings. The van der Waals surface area contributed by atoms with Crippen LogP contribution in [0.25, 0.3) is 0 Å². The van der Waals surface area contributed by atoms with Gasteiger partial charge in [0.25, 0.3) is 5.91 Å². The summed E-state index contributed by atoms with van der Waals surface area (Å²) in [7, 11) is 0. The number of hydrogen-bond donors (Lipinski definition) is 1. The average molecular weight is 495 g/mol. The zero-order valence-corrected chi connectivity index (χ0v) is 19.3. The van der Waals surface area contributed by atoms with Gasteiger partial charge in [0.15, 0.2) is 6.61 Å². The van der Waals surface area contributed by atoms with Crippen molar-refractivity contribution in [1.82, 2.24) is 10.2 Å². The monoisotopic (exact) mass is 494 g/mol. The molecule has 5 nitrogen and oxygen atoms in total. The minimum atomic E-state index is -0.622. The highest BCUT2D eigenvalue weighted by Gasteiger charge is 2.37. The maximum atomic E-state index is 14.3. The van der Waals surface area contributed by atoms with Crippen molar-refractivity contribution in [2.75, 3.05) is 13.2 Å². The molecular weight excluding hydrogens is 469 g/mol. The molecule has 1 saturated carbocycles. The number of carbonyl (C=O) groups is 2. The number of nitrogens with one attached hydrogen (secondary N) is 1. The molecule has 2 aromatic carbocycles. The lowest BCUT2D eigenvalue weighted by molar-refractivity contribution is -0.137. The number of ether oxygens (including phenoxy) is 1. The van der Waals surface area contributed by atoms with Crippen LogP contribution >= 0.6 is 11.6 Å². The van der Waals surface area contributed by atoms with Gasteiger partial charge >= 0.3 is 0 Å². The van der Waals surface area contributed by atoms with Gasteiger partial charge in [0, 0.05) is 30.1 Å². The topological polar surface area (TPSA) is 58.6 Å². The molecule has 1 aliphatic carbocycles. The molecular formula is C25H26ClF3N2O3. The van der Waals surface area contributed by atoms with Crippen molar-refractivity contribution in [3.8, 4) is 5.75 Å². The van der Waals surface area contributed by atoms with Crippen molar-refractivity contribution in [2.45, 2.75) is 50.6 Å². The molecule has 2 fully saturated rings. The summed E-state index contributed by atoms with van der Waals surface area (Å²) >= 11 is 5.63. The third-order valence-electron chi connectivity index (χ3n) is 6.56. The van der Waals surface area contributed by atoms with E-state index in [1.54, 1.807) is 4.90 Å². The van der Waals surface area contributed by atoms with Gasteiger partial charge in [0.2, 0.25) is 5.91 Å². The number of halogens is 4. The van der Waals surface area contributed by atoms with Crippen LogP contribution in [0, 0.1) is 23.4 Å². The summed E-state index contributed by atoms with van der Waals surface area (Å²) in [5, 5.41) is 2.87. The zero-order valence-electron chi connectivity index (χ0n) is 18.5. The van der Waals surface area contributed by atoms with E-state index in [1.807, 2.05) is 0 Å². The van der Waals surface area contributed by atoms with Crippen molar-refractivity contribution in [1.29, 1.82) is 0 Å². The number of carbonyl (C=O) groups excluding carboxylic acids is 2. The van der Waals surface area contributed by atoms with Crippen molar-refractivity contribution in [3.63, 3.8) is 0 Å². The molecule has 0 bridgehead atoms. The highest BCUT2D eigenvalue weighted by molar-refractivity contribution is 6.30. The second-order valence-corrected chi connectivity index (χ2v) is 9.24. The second kappa shape index (κ2) is 10.7. The van der Waals surface area contributed by atoms with E-state index in [0.29, 0.717) is 38.6 Å². The fourth-order valence-electron chi connectivity index (χ4n) is 4.83. The molecule has 1 saturated heterocycles. The fourth-order valence-corrected chi connectivity index (χ4v) is 4.95. The Morgan fingerprint density at radius 3 is 2.50 bits per heavy atom.